The van der Waals surface area contributed by atoms with Gasteiger partial charge in [-0.1, -0.05) is 18.2 Å². The largest absolute Gasteiger partial charge is 0.378 e. The summed E-state index contributed by atoms with van der Waals surface area (Å²) in [4.78, 5) is 0. The number of fused-ring (bicyclic) bond motifs is 2. The number of benzene rings is 3. The van der Waals surface area contributed by atoms with Gasteiger partial charge in [0.05, 0.1) is 40.5 Å². The van der Waals surface area contributed by atoms with E-state index in [-0.39, 0.29) is 6.04 Å². The zero-order valence-electron chi connectivity index (χ0n) is 16.3. The predicted molar refractivity (Wildman–Crippen MR) is 117 cm³/mol. The smallest absolute Gasteiger partial charge is 0.1000 e. The minimum atomic E-state index is 0.226. The van der Waals surface area contributed by atoms with E-state index in [0.717, 1.165) is 52.7 Å². The molecule has 144 valence electrons. The Balaban J connectivity index is 1.48. The average Bonchev–Trinajstić information content (AvgIpc) is 3.22. The number of hydrogen-bond donors (Lipinski definition) is 2. The van der Waals surface area contributed by atoms with Crippen molar-refractivity contribution in [3.63, 3.8) is 0 Å². The normalized spacial score (nSPS) is 15.2. The number of rotatable bonds is 3. The van der Waals surface area contributed by atoms with E-state index in [1.54, 1.807) is 0 Å². The van der Waals surface area contributed by atoms with E-state index in [9.17, 15) is 5.26 Å². The lowest BCUT2D eigenvalue weighted by Crippen LogP contribution is -2.17. The Morgan fingerprint density at radius 2 is 1.73 bits per heavy atom. The van der Waals surface area contributed by atoms with Crippen LogP contribution in [0.1, 0.15) is 41.1 Å². The molecule has 0 spiro atoms. The summed E-state index contributed by atoms with van der Waals surface area (Å²) in [5.74, 6) is 0. The van der Waals surface area contributed by atoms with Crippen LogP contribution in [0.25, 0.3) is 22.2 Å². The molecule has 3 aromatic carbocycles. The lowest BCUT2D eigenvalue weighted by Gasteiger charge is -2.27. The van der Waals surface area contributed by atoms with Gasteiger partial charge in [-0.25, -0.2) is 0 Å². The van der Waals surface area contributed by atoms with Crippen LogP contribution in [-0.4, -0.2) is 10.2 Å². The molecule has 0 unspecified atom stereocenters. The number of anilines is 1. The highest BCUT2D eigenvalue weighted by molar-refractivity contribution is 5.95. The topological polar surface area (TPSA) is 88.3 Å². The molecule has 1 aliphatic carbocycles. The SMILES string of the molecule is N#Cc1ccc(-c2n[nH]c3ccc(N[C@H]4CCCc5cc(C#N)ccc54)cc23)cc1. The van der Waals surface area contributed by atoms with Crippen molar-refractivity contribution < 1.29 is 0 Å². The molecule has 4 aromatic rings. The first-order chi connectivity index (χ1) is 14.7. The third-order valence-corrected chi connectivity index (χ3v) is 5.78. The van der Waals surface area contributed by atoms with Gasteiger partial charge in [0.1, 0.15) is 0 Å². The van der Waals surface area contributed by atoms with Crippen molar-refractivity contribution in [3.05, 3.63) is 82.9 Å². The third kappa shape index (κ3) is 3.17. The molecule has 5 rings (SSSR count). The molecule has 0 radical (unpaired) electrons. The maximum absolute atomic E-state index is 9.18. The molecule has 0 fully saturated rings. The number of nitriles is 2. The third-order valence-electron chi connectivity index (χ3n) is 5.78. The van der Waals surface area contributed by atoms with Crippen LogP contribution in [0, 0.1) is 22.7 Å². The van der Waals surface area contributed by atoms with E-state index in [1.807, 2.05) is 42.5 Å². The fourth-order valence-corrected chi connectivity index (χ4v) is 4.26. The Morgan fingerprint density at radius 1 is 0.933 bits per heavy atom. The molecular weight excluding hydrogens is 370 g/mol. The van der Waals surface area contributed by atoms with Gasteiger partial charge in [-0.05, 0) is 72.9 Å². The lowest BCUT2D eigenvalue weighted by atomic mass is 9.86. The first kappa shape index (κ1) is 18.0. The predicted octanol–water partition coefficient (Wildman–Crippen LogP) is 5.46. The second kappa shape index (κ2) is 7.39. The molecule has 1 heterocycles. The Morgan fingerprint density at radius 3 is 2.53 bits per heavy atom. The van der Waals surface area contributed by atoms with Crippen LogP contribution in [0.5, 0.6) is 0 Å². The Labute approximate surface area is 174 Å². The molecule has 30 heavy (non-hydrogen) atoms. The fourth-order valence-electron chi connectivity index (χ4n) is 4.26. The number of nitrogens with zero attached hydrogens (tertiary/aromatic N) is 3. The van der Waals surface area contributed by atoms with Crippen LogP contribution in [0.15, 0.2) is 60.7 Å². The summed E-state index contributed by atoms with van der Waals surface area (Å²) in [6.45, 7) is 0. The van der Waals surface area contributed by atoms with Crippen LogP contribution < -0.4 is 5.32 Å². The molecule has 0 bridgehead atoms. The minimum absolute atomic E-state index is 0.226. The minimum Gasteiger partial charge on any atom is -0.378 e. The highest BCUT2D eigenvalue weighted by atomic mass is 15.1. The molecule has 0 saturated heterocycles. The number of aromatic amines is 1. The van der Waals surface area contributed by atoms with E-state index in [0.29, 0.717) is 5.56 Å². The number of aromatic nitrogens is 2. The van der Waals surface area contributed by atoms with E-state index in [4.69, 9.17) is 5.26 Å². The number of H-pyrrole nitrogens is 1. The van der Waals surface area contributed by atoms with Gasteiger partial charge in [0, 0.05) is 16.6 Å². The lowest BCUT2D eigenvalue weighted by molar-refractivity contribution is 0.600. The highest BCUT2D eigenvalue weighted by Gasteiger charge is 2.21. The Bertz CT molecular complexity index is 1320. The van der Waals surface area contributed by atoms with Crippen LogP contribution in [0.3, 0.4) is 0 Å². The quantitative estimate of drug-likeness (QED) is 0.487. The molecule has 0 aliphatic heterocycles. The van der Waals surface area contributed by atoms with Crippen molar-refractivity contribution in [1.29, 1.82) is 10.5 Å². The first-order valence-corrected chi connectivity index (χ1v) is 10.0. The van der Waals surface area contributed by atoms with Crippen molar-refractivity contribution in [3.8, 4) is 23.4 Å². The highest BCUT2D eigenvalue weighted by Crippen LogP contribution is 2.35. The number of hydrogen-bond acceptors (Lipinski definition) is 4. The molecule has 5 nitrogen and oxygen atoms in total. The average molecular weight is 389 g/mol. The van der Waals surface area contributed by atoms with Gasteiger partial charge in [0.2, 0.25) is 0 Å². The molecular formula is C25H19N5. The summed E-state index contributed by atoms with van der Waals surface area (Å²) >= 11 is 0. The summed E-state index contributed by atoms with van der Waals surface area (Å²) in [6.07, 6.45) is 3.18. The van der Waals surface area contributed by atoms with Gasteiger partial charge in [-0.3, -0.25) is 5.10 Å². The Hall–Kier alpha value is -4.09. The molecule has 0 saturated carbocycles. The summed E-state index contributed by atoms with van der Waals surface area (Å²) in [7, 11) is 0. The summed E-state index contributed by atoms with van der Waals surface area (Å²) < 4.78 is 0. The molecule has 2 N–H and O–H groups in total. The van der Waals surface area contributed by atoms with Crippen molar-refractivity contribution >= 4 is 16.6 Å². The standard InChI is InChI=1S/C25H19N5/c26-14-16-4-7-18(8-5-16)25-22-13-20(9-11-24(22)29-30-25)28-23-3-1-2-19-12-17(15-27)6-10-21(19)23/h4-13,23,28H,1-3H2,(H,29,30)/t23-/m0/s1. The Kier molecular flexibility index (Phi) is 4.42. The van der Waals surface area contributed by atoms with E-state index < -0.39 is 0 Å². The molecule has 0 amide bonds. The van der Waals surface area contributed by atoms with E-state index >= 15 is 0 Å². The second-order valence-corrected chi connectivity index (χ2v) is 7.64. The summed E-state index contributed by atoms with van der Waals surface area (Å²) in [5.41, 5.74) is 7.77. The van der Waals surface area contributed by atoms with Crippen molar-refractivity contribution in [1.82, 2.24) is 10.2 Å². The maximum Gasteiger partial charge on any atom is 0.1000 e. The van der Waals surface area contributed by atoms with Crippen molar-refractivity contribution in [2.24, 2.45) is 0 Å². The van der Waals surface area contributed by atoms with E-state index in [1.165, 1.54) is 11.1 Å². The first-order valence-electron chi connectivity index (χ1n) is 10.0. The second-order valence-electron chi connectivity index (χ2n) is 7.64. The molecule has 1 atom stereocenters. The van der Waals surface area contributed by atoms with E-state index in [2.05, 4.69) is 45.9 Å². The molecule has 1 aliphatic rings. The van der Waals surface area contributed by atoms with Crippen LogP contribution in [0.4, 0.5) is 5.69 Å². The van der Waals surface area contributed by atoms with Gasteiger partial charge in [0.25, 0.3) is 0 Å². The zero-order chi connectivity index (χ0) is 20.5. The maximum atomic E-state index is 9.18. The van der Waals surface area contributed by atoms with Crippen LogP contribution in [-0.2, 0) is 6.42 Å². The molecule has 5 heteroatoms. The monoisotopic (exact) mass is 389 g/mol. The van der Waals surface area contributed by atoms with Gasteiger partial charge in [-0.15, -0.1) is 0 Å². The van der Waals surface area contributed by atoms with Gasteiger partial charge < -0.3 is 5.32 Å². The number of nitrogens with one attached hydrogen (secondary N) is 2. The van der Waals surface area contributed by atoms with Crippen molar-refractivity contribution in [2.45, 2.75) is 25.3 Å². The number of aryl methyl sites for hydroxylation is 1. The van der Waals surface area contributed by atoms with Crippen LogP contribution in [0.2, 0.25) is 0 Å². The van der Waals surface area contributed by atoms with Gasteiger partial charge in [-0.2, -0.15) is 15.6 Å². The summed E-state index contributed by atoms with van der Waals surface area (Å²) in [5, 5.41) is 30.5. The van der Waals surface area contributed by atoms with Gasteiger partial charge in [0.15, 0.2) is 0 Å². The molecule has 1 aromatic heterocycles. The fraction of sp³-hybridized carbons (Fsp3) is 0.160. The van der Waals surface area contributed by atoms with Gasteiger partial charge >= 0.3 is 0 Å². The van der Waals surface area contributed by atoms with Crippen molar-refractivity contribution in [2.75, 3.05) is 5.32 Å². The zero-order valence-corrected chi connectivity index (χ0v) is 16.3. The van der Waals surface area contributed by atoms with Crippen LogP contribution >= 0.6 is 0 Å². The summed E-state index contributed by atoms with van der Waals surface area (Å²) in [6, 6.07) is 24.3.